The Morgan fingerprint density at radius 3 is 2.73 bits per heavy atom. The van der Waals surface area contributed by atoms with Crippen molar-refractivity contribution in [2.24, 2.45) is 0 Å². The topological polar surface area (TPSA) is 20.3 Å². The van der Waals surface area contributed by atoms with Gasteiger partial charge in [0.05, 0.1) is 3.55 Å². The maximum atomic E-state index is 11.1. The van der Waals surface area contributed by atoms with E-state index in [9.17, 15) is 4.79 Å². The van der Waals surface area contributed by atoms with Gasteiger partial charge in [-0.25, -0.2) is 0 Å². The highest BCUT2D eigenvalue weighted by Gasteiger charge is 2.37. The minimum absolute atomic E-state index is 0.129. The van der Waals surface area contributed by atoms with Gasteiger partial charge in [0, 0.05) is 13.5 Å². The van der Waals surface area contributed by atoms with E-state index in [0.29, 0.717) is 0 Å². The second-order valence-electron chi connectivity index (χ2n) is 3.05. The van der Waals surface area contributed by atoms with Gasteiger partial charge in [-0.1, -0.05) is 29.5 Å². The summed E-state index contributed by atoms with van der Waals surface area (Å²) in [5, 5.41) is 0. The monoisotopic (exact) mass is 267 g/mol. The number of likely N-dealkylation sites (tertiary alicyclic amines) is 1. The summed E-state index contributed by atoms with van der Waals surface area (Å²) in [5.41, 5.74) is 0. The lowest BCUT2D eigenvalue weighted by Gasteiger charge is -2.31. The quantitative estimate of drug-likeness (QED) is 0.405. The SMILES string of the molecule is CCC1(I)CCCN1C(C)=O. The molecule has 0 saturated carbocycles. The van der Waals surface area contributed by atoms with Crippen LogP contribution in [-0.4, -0.2) is 20.9 Å². The van der Waals surface area contributed by atoms with Crippen LogP contribution in [0.25, 0.3) is 0 Å². The Morgan fingerprint density at radius 2 is 2.36 bits per heavy atom. The number of hydrogen-bond donors (Lipinski definition) is 0. The smallest absolute Gasteiger partial charge is 0.220 e. The van der Waals surface area contributed by atoms with E-state index in [1.165, 1.54) is 0 Å². The summed E-state index contributed by atoms with van der Waals surface area (Å²) >= 11 is 2.41. The fraction of sp³-hybridized carbons (Fsp3) is 0.875. The summed E-state index contributed by atoms with van der Waals surface area (Å²) in [4.78, 5) is 13.1. The first-order valence-corrected chi connectivity index (χ1v) is 5.15. The van der Waals surface area contributed by atoms with Crippen LogP contribution in [0.4, 0.5) is 0 Å². The molecule has 11 heavy (non-hydrogen) atoms. The fourth-order valence-corrected chi connectivity index (χ4v) is 2.61. The molecule has 64 valence electrons. The number of amides is 1. The summed E-state index contributed by atoms with van der Waals surface area (Å²) < 4.78 is 0.129. The van der Waals surface area contributed by atoms with Crippen molar-refractivity contribution in [2.45, 2.75) is 36.7 Å². The molecule has 1 saturated heterocycles. The third-order valence-corrected chi connectivity index (χ3v) is 4.23. The van der Waals surface area contributed by atoms with E-state index in [4.69, 9.17) is 0 Å². The van der Waals surface area contributed by atoms with Gasteiger partial charge in [-0.05, 0) is 19.3 Å². The van der Waals surface area contributed by atoms with Gasteiger partial charge in [-0.15, -0.1) is 0 Å². The van der Waals surface area contributed by atoms with Crippen molar-refractivity contribution in [1.29, 1.82) is 0 Å². The molecule has 2 nitrogen and oxygen atoms in total. The summed E-state index contributed by atoms with van der Waals surface area (Å²) in [6, 6.07) is 0. The average molecular weight is 267 g/mol. The zero-order valence-electron chi connectivity index (χ0n) is 7.06. The first-order valence-electron chi connectivity index (χ1n) is 4.07. The predicted octanol–water partition coefficient (Wildman–Crippen LogP) is 2.17. The normalized spacial score (nSPS) is 31.0. The fourth-order valence-electron chi connectivity index (χ4n) is 1.65. The van der Waals surface area contributed by atoms with Crippen LogP contribution < -0.4 is 0 Å². The van der Waals surface area contributed by atoms with Gasteiger partial charge in [0.2, 0.25) is 5.91 Å². The summed E-state index contributed by atoms with van der Waals surface area (Å²) in [6.07, 6.45) is 3.38. The highest BCUT2D eigenvalue weighted by molar-refractivity contribution is 14.1. The van der Waals surface area contributed by atoms with E-state index in [1.807, 2.05) is 4.90 Å². The molecule has 3 heteroatoms. The van der Waals surface area contributed by atoms with Crippen LogP contribution in [0.3, 0.4) is 0 Å². The first kappa shape index (κ1) is 9.29. The lowest BCUT2D eigenvalue weighted by atomic mass is 10.2. The Hall–Kier alpha value is 0.200. The van der Waals surface area contributed by atoms with Gasteiger partial charge in [-0.3, -0.25) is 4.79 Å². The van der Waals surface area contributed by atoms with Crippen LogP contribution in [0.1, 0.15) is 33.1 Å². The number of rotatable bonds is 1. The van der Waals surface area contributed by atoms with Gasteiger partial charge in [-0.2, -0.15) is 0 Å². The molecular formula is C8H14INO. The molecule has 1 amide bonds. The van der Waals surface area contributed by atoms with E-state index in [0.717, 1.165) is 25.8 Å². The van der Waals surface area contributed by atoms with Gasteiger partial charge >= 0.3 is 0 Å². The van der Waals surface area contributed by atoms with Gasteiger partial charge in [0.15, 0.2) is 0 Å². The molecule has 0 bridgehead atoms. The summed E-state index contributed by atoms with van der Waals surface area (Å²) in [5.74, 6) is 0.221. The van der Waals surface area contributed by atoms with Gasteiger partial charge < -0.3 is 4.90 Å². The number of nitrogens with zero attached hydrogens (tertiary/aromatic N) is 1. The Labute approximate surface area is 81.5 Å². The average Bonchev–Trinajstić information content (AvgIpc) is 2.32. The van der Waals surface area contributed by atoms with Crippen LogP contribution in [0.2, 0.25) is 0 Å². The molecule has 1 aliphatic heterocycles. The van der Waals surface area contributed by atoms with Gasteiger partial charge in [0.1, 0.15) is 0 Å². The molecule has 0 aromatic carbocycles. The van der Waals surface area contributed by atoms with Crippen molar-refractivity contribution in [3.8, 4) is 0 Å². The highest BCUT2D eigenvalue weighted by Crippen LogP contribution is 2.38. The molecule has 1 atom stereocenters. The lowest BCUT2D eigenvalue weighted by Crippen LogP contribution is -2.40. The minimum Gasteiger partial charge on any atom is -0.328 e. The molecule has 0 radical (unpaired) electrons. The van der Waals surface area contributed by atoms with Gasteiger partial charge in [0.25, 0.3) is 0 Å². The van der Waals surface area contributed by atoms with Crippen molar-refractivity contribution < 1.29 is 4.79 Å². The van der Waals surface area contributed by atoms with E-state index in [1.54, 1.807) is 6.92 Å². The Morgan fingerprint density at radius 1 is 1.73 bits per heavy atom. The molecule has 0 N–H and O–H groups in total. The Kier molecular flexibility index (Phi) is 2.78. The second kappa shape index (κ2) is 3.29. The molecule has 1 unspecified atom stereocenters. The van der Waals surface area contributed by atoms with Crippen LogP contribution in [0, 0.1) is 0 Å². The third kappa shape index (κ3) is 1.68. The zero-order chi connectivity index (χ0) is 8.48. The van der Waals surface area contributed by atoms with Crippen molar-refractivity contribution in [3.63, 3.8) is 0 Å². The van der Waals surface area contributed by atoms with Crippen LogP contribution in [0.15, 0.2) is 0 Å². The van der Waals surface area contributed by atoms with Crippen molar-refractivity contribution in [2.75, 3.05) is 6.54 Å². The van der Waals surface area contributed by atoms with E-state index < -0.39 is 0 Å². The predicted molar refractivity (Wildman–Crippen MR) is 53.7 cm³/mol. The van der Waals surface area contributed by atoms with E-state index in [2.05, 4.69) is 29.5 Å². The van der Waals surface area contributed by atoms with Crippen LogP contribution >= 0.6 is 22.6 Å². The van der Waals surface area contributed by atoms with Crippen molar-refractivity contribution in [3.05, 3.63) is 0 Å². The number of halogens is 1. The molecular weight excluding hydrogens is 253 g/mol. The summed E-state index contributed by atoms with van der Waals surface area (Å²) in [6.45, 7) is 4.76. The standard InChI is InChI=1S/C8H14INO/c1-3-8(9)5-4-6-10(8)7(2)11/h3-6H2,1-2H3. The molecule has 0 aromatic rings. The maximum absolute atomic E-state index is 11.1. The summed E-state index contributed by atoms with van der Waals surface area (Å²) in [7, 11) is 0. The first-order chi connectivity index (χ1) is 5.10. The molecule has 0 aromatic heterocycles. The molecule has 1 heterocycles. The molecule has 1 fully saturated rings. The molecule has 0 spiro atoms. The van der Waals surface area contributed by atoms with Crippen molar-refractivity contribution >= 4 is 28.5 Å². The van der Waals surface area contributed by atoms with E-state index >= 15 is 0 Å². The molecule has 1 aliphatic rings. The number of alkyl halides is 1. The lowest BCUT2D eigenvalue weighted by molar-refractivity contribution is -0.130. The number of carbonyl (C=O) groups is 1. The van der Waals surface area contributed by atoms with Crippen LogP contribution in [0.5, 0.6) is 0 Å². The van der Waals surface area contributed by atoms with Crippen molar-refractivity contribution in [1.82, 2.24) is 4.90 Å². The Balaban J connectivity index is 2.72. The minimum atomic E-state index is 0.129. The Bertz CT molecular complexity index is 171. The van der Waals surface area contributed by atoms with E-state index in [-0.39, 0.29) is 9.45 Å². The second-order valence-corrected chi connectivity index (χ2v) is 5.05. The zero-order valence-corrected chi connectivity index (χ0v) is 9.22. The number of hydrogen-bond acceptors (Lipinski definition) is 1. The highest BCUT2D eigenvalue weighted by atomic mass is 127. The van der Waals surface area contributed by atoms with Crippen LogP contribution in [-0.2, 0) is 4.79 Å². The number of carbonyl (C=O) groups excluding carboxylic acids is 1. The molecule has 0 aliphatic carbocycles. The maximum Gasteiger partial charge on any atom is 0.220 e. The third-order valence-electron chi connectivity index (χ3n) is 2.35. The largest absolute Gasteiger partial charge is 0.328 e. The molecule has 1 rings (SSSR count).